The van der Waals surface area contributed by atoms with E-state index in [4.69, 9.17) is 10.5 Å². The normalized spacial score (nSPS) is 11.6. The molecular formula is C20H27N3O2. The molecule has 0 aliphatic rings. The second-order valence-corrected chi connectivity index (χ2v) is 5.87. The summed E-state index contributed by atoms with van der Waals surface area (Å²) in [4.78, 5) is 14.4. The Hall–Kier alpha value is -2.53. The van der Waals surface area contributed by atoms with Crippen molar-refractivity contribution in [3.63, 3.8) is 0 Å². The quantitative estimate of drug-likeness (QED) is 0.735. The summed E-state index contributed by atoms with van der Waals surface area (Å²) in [5.74, 6) is 0.811. The number of carbonyl (C=O) groups excluding carboxylic acids is 1. The number of methoxy groups -OCH3 is 1. The topological polar surface area (TPSA) is 67.6 Å². The lowest BCUT2D eigenvalue weighted by atomic mass is 10.1. The van der Waals surface area contributed by atoms with Crippen LogP contribution in [0.1, 0.15) is 12.5 Å². The Labute approximate surface area is 149 Å². The molecule has 0 aliphatic carbocycles. The molecule has 2 aromatic rings. The van der Waals surface area contributed by atoms with Gasteiger partial charge in [0.15, 0.2) is 0 Å². The van der Waals surface area contributed by atoms with Gasteiger partial charge < -0.3 is 20.7 Å². The molecule has 2 aromatic carbocycles. The van der Waals surface area contributed by atoms with Crippen LogP contribution in [0.15, 0.2) is 54.6 Å². The standard InChI is InChI=1S/C20H27N3O2/c1-3-23(14-13-22-17-9-11-18(25-2)12-10-17)20(24)19(21)15-16-7-5-4-6-8-16/h4-12,19,22H,3,13-15,21H2,1-2H3. The van der Waals surface area contributed by atoms with Crippen molar-refractivity contribution >= 4 is 11.6 Å². The van der Waals surface area contributed by atoms with Crippen LogP contribution in [0.5, 0.6) is 5.75 Å². The van der Waals surface area contributed by atoms with Crippen molar-refractivity contribution in [2.45, 2.75) is 19.4 Å². The maximum absolute atomic E-state index is 12.6. The van der Waals surface area contributed by atoms with Crippen LogP contribution in [-0.2, 0) is 11.2 Å². The summed E-state index contributed by atoms with van der Waals surface area (Å²) in [5, 5.41) is 3.31. The molecule has 1 amide bonds. The summed E-state index contributed by atoms with van der Waals surface area (Å²) < 4.78 is 5.14. The third kappa shape index (κ3) is 5.80. The van der Waals surface area contributed by atoms with Crippen molar-refractivity contribution in [1.29, 1.82) is 0 Å². The molecule has 0 radical (unpaired) electrons. The number of ether oxygens (including phenoxy) is 1. The van der Waals surface area contributed by atoms with Crippen molar-refractivity contribution in [3.05, 3.63) is 60.2 Å². The zero-order valence-electron chi connectivity index (χ0n) is 14.9. The summed E-state index contributed by atoms with van der Waals surface area (Å²) in [5.41, 5.74) is 8.19. The van der Waals surface area contributed by atoms with E-state index in [1.54, 1.807) is 12.0 Å². The van der Waals surface area contributed by atoms with E-state index >= 15 is 0 Å². The molecule has 0 saturated carbocycles. The number of hydrogen-bond donors (Lipinski definition) is 2. The van der Waals surface area contributed by atoms with Gasteiger partial charge in [-0.15, -0.1) is 0 Å². The summed E-state index contributed by atoms with van der Waals surface area (Å²) in [6.45, 7) is 3.90. The van der Waals surface area contributed by atoms with E-state index in [1.807, 2.05) is 61.5 Å². The second-order valence-electron chi connectivity index (χ2n) is 5.87. The van der Waals surface area contributed by atoms with Crippen molar-refractivity contribution in [3.8, 4) is 5.75 Å². The van der Waals surface area contributed by atoms with Gasteiger partial charge in [-0.2, -0.15) is 0 Å². The van der Waals surface area contributed by atoms with Crippen LogP contribution in [0.4, 0.5) is 5.69 Å². The third-order valence-corrected chi connectivity index (χ3v) is 4.11. The number of nitrogens with zero attached hydrogens (tertiary/aromatic N) is 1. The zero-order valence-corrected chi connectivity index (χ0v) is 14.9. The van der Waals surface area contributed by atoms with E-state index in [2.05, 4.69) is 5.32 Å². The minimum Gasteiger partial charge on any atom is -0.497 e. The molecule has 0 bridgehead atoms. The summed E-state index contributed by atoms with van der Waals surface area (Å²) >= 11 is 0. The van der Waals surface area contributed by atoms with Crippen LogP contribution < -0.4 is 15.8 Å². The van der Waals surface area contributed by atoms with E-state index in [-0.39, 0.29) is 5.91 Å². The first-order chi connectivity index (χ1) is 12.1. The van der Waals surface area contributed by atoms with Crippen LogP contribution in [0, 0.1) is 0 Å². The molecule has 1 atom stereocenters. The number of nitrogens with two attached hydrogens (primary N) is 1. The maximum Gasteiger partial charge on any atom is 0.239 e. The van der Waals surface area contributed by atoms with E-state index < -0.39 is 6.04 Å². The molecule has 0 heterocycles. The van der Waals surface area contributed by atoms with Crippen LogP contribution in [0.25, 0.3) is 0 Å². The predicted molar refractivity (Wildman–Crippen MR) is 102 cm³/mol. The monoisotopic (exact) mass is 341 g/mol. The van der Waals surface area contributed by atoms with Crippen LogP contribution in [0.3, 0.4) is 0 Å². The average Bonchev–Trinajstić information content (AvgIpc) is 2.66. The Kier molecular flexibility index (Phi) is 7.29. The van der Waals surface area contributed by atoms with Gasteiger partial charge in [0.05, 0.1) is 13.2 Å². The molecule has 0 saturated heterocycles. The van der Waals surface area contributed by atoms with Crippen molar-refractivity contribution in [1.82, 2.24) is 4.90 Å². The smallest absolute Gasteiger partial charge is 0.239 e. The predicted octanol–water partition coefficient (Wildman–Crippen LogP) is 2.53. The van der Waals surface area contributed by atoms with Gasteiger partial charge in [0.2, 0.25) is 5.91 Å². The third-order valence-electron chi connectivity index (χ3n) is 4.11. The Morgan fingerprint density at radius 2 is 1.84 bits per heavy atom. The molecule has 0 fully saturated rings. The number of benzene rings is 2. The fraction of sp³-hybridized carbons (Fsp3) is 0.350. The fourth-order valence-corrected chi connectivity index (χ4v) is 2.66. The summed E-state index contributed by atoms with van der Waals surface area (Å²) in [6, 6.07) is 17.1. The minimum atomic E-state index is -0.511. The van der Waals surface area contributed by atoms with E-state index in [1.165, 1.54) is 0 Å². The molecule has 0 aromatic heterocycles. The molecule has 25 heavy (non-hydrogen) atoms. The molecule has 5 nitrogen and oxygen atoms in total. The zero-order chi connectivity index (χ0) is 18.1. The molecule has 2 rings (SSSR count). The summed E-state index contributed by atoms with van der Waals surface area (Å²) in [7, 11) is 1.64. The lowest BCUT2D eigenvalue weighted by Gasteiger charge is -2.24. The number of hydrogen-bond acceptors (Lipinski definition) is 4. The number of anilines is 1. The van der Waals surface area contributed by atoms with Crippen molar-refractivity contribution in [2.24, 2.45) is 5.73 Å². The second kappa shape index (κ2) is 9.69. The van der Waals surface area contributed by atoms with Gasteiger partial charge in [-0.3, -0.25) is 4.79 Å². The molecule has 0 aliphatic heterocycles. The first-order valence-electron chi connectivity index (χ1n) is 8.60. The van der Waals surface area contributed by atoms with Gasteiger partial charge in [0.25, 0.3) is 0 Å². The first-order valence-corrected chi connectivity index (χ1v) is 8.60. The van der Waals surface area contributed by atoms with Gasteiger partial charge in [-0.1, -0.05) is 30.3 Å². The lowest BCUT2D eigenvalue weighted by Crippen LogP contribution is -2.46. The molecule has 3 N–H and O–H groups in total. The highest BCUT2D eigenvalue weighted by molar-refractivity contribution is 5.82. The Morgan fingerprint density at radius 1 is 1.16 bits per heavy atom. The maximum atomic E-state index is 12.6. The Balaban J connectivity index is 1.82. The highest BCUT2D eigenvalue weighted by atomic mass is 16.5. The lowest BCUT2D eigenvalue weighted by molar-refractivity contribution is -0.132. The molecule has 134 valence electrons. The Bertz CT molecular complexity index is 644. The van der Waals surface area contributed by atoms with E-state index in [0.29, 0.717) is 26.1 Å². The number of rotatable bonds is 9. The van der Waals surface area contributed by atoms with Gasteiger partial charge in [-0.05, 0) is 43.2 Å². The molecule has 0 spiro atoms. The fourth-order valence-electron chi connectivity index (χ4n) is 2.66. The van der Waals surface area contributed by atoms with Crippen LogP contribution >= 0.6 is 0 Å². The van der Waals surface area contributed by atoms with Crippen LogP contribution in [-0.4, -0.2) is 43.6 Å². The number of likely N-dealkylation sites (N-methyl/N-ethyl adjacent to an activating group) is 1. The largest absolute Gasteiger partial charge is 0.497 e. The van der Waals surface area contributed by atoms with Gasteiger partial charge in [0, 0.05) is 25.3 Å². The number of carbonyl (C=O) groups is 1. The molecule has 5 heteroatoms. The minimum absolute atomic E-state index is 0.0112. The Morgan fingerprint density at radius 3 is 2.44 bits per heavy atom. The van der Waals surface area contributed by atoms with Gasteiger partial charge in [-0.25, -0.2) is 0 Å². The molecular weight excluding hydrogens is 314 g/mol. The highest BCUT2D eigenvalue weighted by Gasteiger charge is 2.19. The average molecular weight is 341 g/mol. The van der Waals surface area contributed by atoms with E-state index in [0.717, 1.165) is 17.0 Å². The van der Waals surface area contributed by atoms with Crippen molar-refractivity contribution in [2.75, 3.05) is 32.1 Å². The van der Waals surface area contributed by atoms with E-state index in [9.17, 15) is 4.79 Å². The van der Waals surface area contributed by atoms with Gasteiger partial charge >= 0.3 is 0 Å². The summed E-state index contributed by atoms with van der Waals surface area (Å²) in [6.07, 6.45) is 0.558. The van der Waals surface area contributed by atoms with Crippen LogP contribution in [0.2, 0.25) is 0 Å². The van der Waals surface area contributed by atoms with Gasteiger partial charge in [0.1, 0.15) is 5.75 Å². The number of amides is 1. The number of nitrogens with one attached hydrogen (secondary N) is 1. The highest BCUT2D eigenvalue weighted by Crippen LogP contribution is 2.14. The molecule has 1 unspecified atom stereocenters. The van der Waals surface area contributed by atoms with Crippen molar-refractivity contribution < 1.29 is 9.53 Å². The SMILES string of the molecule is CCN(CCNc1ccc(OC)cc1)C(=O)C(N)Cc1ccccc1. The first kappa shape index (κ1) is 18.8.